The van der Waals surface area contributed by atoms with Crippen molar-refractivity contribution in [1.29, 1.82) is 0 Å². The SMILES string of the molecule is COc1ccc(C)cc1C(Br)c1ccc(Br)cc1. The van der Waals surface area contributed by atoms with Gasteiger partial charge in [-0.05, 0) is 30.7 Å². The molecule has 1 nitrogen and oxygen atoms in total. The Kier molecular flexibility index (Phi) is 4.46. The van der Waals surface area contributed by atoms with Crippen LogP contribution in [0.3, 0.4) is 0 Å². The topological polar surface area (TPSA) is 9.23 Å². The number of hydrogen-bond acceptors (Lipinski definition) is 1. The normalized spacial score (nSPS) is 12.2. The van der Waals surface area contributed by atoms with E-state index in [1.807, 2.05) is 18.2 Å². The number of rotatable bonds is 3. The Balaban J connectivity index is 2.41. The summed E-state index contributed by atoms with van der Waals surface area (Å²) in [6, 6.07) is 14.5. The summed E-state index contributed by atoms with van der Waals surface area (Å²) < 4.78 is 6.51. The van der Waals surface area contributed by atoms with Crippen LogP contribution in [0.4, 0.5) is 0 Å². The molecule has 2 rings (SSSR count). The molecule has 3 heteroatoms. The average molecular weight is 370 g/mol. The quantitative estimate of drug-likeness (QED) is 0.671. The van der Waals surface area contributed by atoms with Crippen molar-refractivity contribution in [2.45, 2.75) is 11.8 Å². The molecular formula is C15H14Br2O. The van der Waals surface area contributed by atoms with Gasteiger partial charge in [-0.1, -0.05) is 61.7 Å². The van der Waals surface area contributed by atoms with E-state index in [4.69, 9.17) is 4.74 Å². The van der Waals surface area contributed by atoms with Crippen molar-refractivity contribution in [2.75, 3.05) is 7.11 Å². The van der Waals surface area contributed by atoms with Gasteiger partial charge in [-0.15, -0.1) is 0 Å². The van der Waals surface area contributed by atoms with Crippen LogP contribution >= 0.6 is 31.9 Å². The largest absolute Gasteiger partial charge is 0.496 e. The molecule has 1 unspecified atom stereocenters. The Bertz CT molecular complexity index is 535. The fourth-order valence-corrected chi connectivity index (χ4v) is 2.79. The smallest absolute Gasteiger partial charge is 0.123 e. The molecule has 0 heterocycles. The highest BCUT2D eigenvalue weighted by atomic mass is 79.9. The molecule has 0 aliphatic rings. The van der Waals surface area contributed by atoms with Crippen LogP contribution < -0.4 is 4.74 Å². The van der Waals surface area contributed by atoms with Gasteiger partial charge < -0.3 is 4.74 Å². The van der Waals surface area contributed by atoms with Crippen LogP contribution in [-0.4, -0.2) is 7.11 Å². The summed E-state index contributed by atoms with van der Waals surface area (Å²) >= 11 is 7.20. The van der Waals surface area contributed by atoms with Crippen molar-refractivity contribution >= 4 is 31.9 Å². The van der Waals surface area contributed by atoms with Crippen LogP contribution in [0, 0.1) is 6.92 Å². The lowest BCUT2D eigenvalue weighted by atomic mass is 10.0. The first-order valence-electron chi connectivity index (χ1n) is 5.66. The molecule has 0 spiro atoms. The number of hydrogen-bond donors (Lipinski definition) is 0. The zero-order valence-corrected chi connectivity index (χ0v) is 13.5. The van der Waals surface area contributed by atoms with E-state index >= 15 is 0 Å². The molecule has 0 saturated heterocycles. The number of alkyl halides is 1. The maximum Gasteiger partial charge on any atom is 0.123 e. The molecule has 0 aliphatic heterocycles. The number of benzene rings is 2. The van der Waals surface area contributed by atoms with E-state index in [2.05, 4.69) is 63.0 Å². The first kappa shape index (κ1) is 13.6. The van der Waals surface area contributed by atoms with Gasteiger partial charge in [0.05, 0.1) is 11.9 Å². The summed E-state index contributed by atoms with van der Waals surface area (Å²) in [4.78, 5) is 0.139. The van der Waals surface area contributed by atoms with E-state index in [0.717, 1.165) is 15.8 Å². The molecule has 0 saturated carbocycles. The Labute approximate surface area is 124 Å². The number of aryl methyl sites for hydroxylation is 1. The summed E-state index contributed by atoms with van der Waals surface area (Å²) in [7, 11) is 1.70. The molecule has 0 fully saturated rings. The molecular weight excluding hydrogens is 356 g/mol. The van der Waals surface area contributed by atoms with Gasteiger partial charge >= 0.3 is 0 Å². The maximum absolute atomic E-state index is 5.43. The summed E-state index contributed by atoms with van der Waals surface area (Å²) in [5.41, 5.74) is 3.59. The summed E-state index contributed by atoms with van der Waals surface area (Å²) in [5.74, 6) is 0.908. The van der Waals surface area contributed by atoms with Gasteiger partial charge in [-0.3, -0.25) is 0 Å². The summed E-state index contributed by atoms with van der Waals surface area (Å²) in [5, 5.41) is 0. The molecule has 2 aromatic carbocycles. The Morgan fingerprint density at radius 1 is 1.06 bits per heavy atom. The average Bonchev–Trinajstić information content (AvgIpc) is 2.39. The number of methoxy groups -OCH3 is 1. The lowest BCUT2D eigenvalue weighted by Gasteiger charge is -2.15. The van der Waals surface area contributed by atoms with E-state index in [1.54, 1.807) is 7.11 Å². The van der Waals surface area contributed by atoms with Crippen molar-refractivity contribution in [2.24, 2.45) is 0 Å². The minimum Gasteiger partial charge on any atom is -0.496 e. The van der Waals surface area contributed by atoms with Gasteiger partial charge in [0.2, 0.25) is 0 Å². The third kappa shape index (κ3) is 2.96. The standard InChI is InChI=1S/C15H14Br2O/c1-10-3-8-14(18-2)13(9-10)15(17)11-4-6-12(16)7-5-11/h3-9,15H,1-2H3. The first-order valence-corrected chi connectivity index (χ1v) is 7.36. The fourth-order valence-electron chi connectivity index (χ4n) is 1.86. The molecule has 0 N–H and O–H groups in total. The molecule has 0 bridgehead atoms. The second-order valence-corrected chi connectivity index (χ2v) is 5.99. The maximum atomic E-state index is 5.43. The molecule has 94 valence electrons. The number of ether oxygens (including phenoxy) is 1. The lowest BCUT2D eigenvalue weighted by molar-refractivity contribution is 0.410. The summed E-state index contributed by atoms with van der Waals surface area (Å²) in [6.45, 7) is 2.09. The first-order chi connectivity index (χ1) is 8.61. The minimum atomic E-state index is 0.139. The van der Waals surface area contributed by atoms with Gasteiger partial charge in [-0.2, -0.15) is 0 Å². The van der Waals surface area contributed by atoms with E-state index < -0.39 is 0 Å². The molecule has 0 amide bonds. The van der Waals surface area contributed by atoms with E-state index in [0.29, 0.717) is 0 Å². The van der Waals surface area contributed by atoms with Crippen LogP contribution in [0.1, 0.15) is 21.5 Å². The van der Waals surface area contributed by atoms with Crippen molar-refractivity contribution < 1.29 is 4.74 Å². The van der Waals surface area contributed by atoms with Gasteiger partial charge in [-0.25, -0.2) is 0 Å². The van der Waals surface area contributed by atoms with E-state index in [-0.39, 0.29) is 4.83 Å². The van der Waals surface area contributed by atoms with Gasteiger partial charge in [0.15, 0.2) is 0 Å². The second-order valence-electron chi connectivity index (χ2n) is 4.16. The van der Waals surface area contributed by atoms with Gasteiger partial charge in [0, 0.05) is 10.0 Å². The third-order valence-electron chi connectivity index (χ3n) is 2.82. The van der Waals surface area contributed by atoms with Crippen molar-refractivity contribution in [3.8, 4) is 5.75 Å². The van der Waals surface area contributed by atoms with Crippen molar-refractivity contribution in [3.63, 3.8) is 0 Å². The predicted molar refractivity (Wildman–Crippen MR) is 82.6 cm³/mol. The molecule has 2 aromatic rings. The highest BCUT2D eigenvalue weighted by Crippen LogP contribution is 2.37. The van der Waals surface area contributed by atoms with Gasteiger partial charge in [0.1, 0.15) is 5.75 Å². The molecule has 0 radical (unpaired) electrons. The lowest BCUT2D eigenvalue weighted by Crippen LogP contribution is -1.97. The Hall–Kier alpha value is -0.800. The Morgan fingerprint density at radius 3 is 2.33 bits per heavy atom. The minimum absolute atomic E-state index is 0.139. The van der Waals surface area contributed by atoms with Crippen LogP contribution in [0.25, 0.3) is 0 Å². The van der Waals surface area contributed by atoms with E-state index in [9.17, 15) is 0 Å². The number of halogens is 2. The molecule has 1 atom stereocenters. The molecule has 0 aliphatic carbocycles. The van der Waals surface area contributed by atoms with Crippen LogP contribution in [-0.2, 0) is 0 Å². The molecule has 18 heavy (non-hydrogen) atoms. The van der Waals surface area contributed by atoms with Crippen LogP contribution in [0.15, 0.2) is 46.9 Å². The van der Waals surface area contributed by atoms with Gasteiger partial charge in [0.25, 0.3) is 0 Å². The highest BCUT2D eigenvalue weighted by molar-refractivity contribution is 9.10. The van der Waals surface area contributed by atoms with Crippen LogP contribution in [0.2, 0.25) is 0 Å². The summed E-state index contributed by atoms with van der Waals surface area (Å²) in [6.07, 6.45) is 0. The van der Waals surface area contributed by atoms with E-state index in [1.165, 1.54) is 11.1 Å². The van der Waals surface area contributed by atoms with Crippen molar-refractivity contribution in [3.05, 3.63) is 63.6 Å². The second kappa shape index (κ2) is 5.89. The zero-order valence-electron chi connectivity index (χ0n) is 10.3. The fraction of sp³-hybridized carbons (Fsp3) is 0.200. The monoisotopic (exact) mass is 368 g/mol. The molecule has 0 aromatic heterocycles. The third-order valence-corrected chi connectivity index (χ3v) is 4.37. The van der Waals surface area contributed by atoms with Crippen molar-refractivity contribution in [1.82, 2.24) is 0 Å². The zero-order chi connectivity index (χ0) is 13.1. The Morgan fingerprint density at radius 2 is 1.72 bits per heavy atom. The predicted octanol–water partition coefficient (Wildman–Crippen LogP) is 5.25. The van der Waals surface area contributed by atoms with Crippen LogP contribution in [0.5, 0.6) is 5.75 Å². The highest BCUT2D eigenvalue weighted by Gasteiger charge is 2.15.